The summed E-state index contributed by atoms with van der Waals surface area (Å²) < 4.78 is 38.2. The third-order valence-corrected chi connectivity index (χ3v) is 2.45. The van der Waals surface area contributed by atoms with Gasteiger partial charge in [-0.2, -0.15) is 18.3 Å². The Balaban J connectivity index is 3.16. The van der Waals surface area contributed by atoms with Crippen LogP contribution in [0.3, 0.4) is 0 Å². The van der Waals surface area contributed by atoms with Crippen LogP contribution in [0, 0.1) is 0 Å². The van der Waals surface area contributed by atoms with E-state index in [4.69, 9.17) is 0 Å². The maximum Gasteiger partial charge on any atom is 0.408 e. The highest BCUT2D eigenvalue weighted by molar-refractivity contribution is 5.79. The van der Waals surface area contributed by atoms with Crippen molar-refractivity contribution in [2.24, 2.45) is 0 Å². The highest BCUT2D eigenvalue weighted by Gasteiger charge is 2.30. The highest BCUT2D eigenvalue weighted by Crippen LogP contribution is 2.24. The summed E-state index contributed by atoms with van der Waals surface area (Å²) in [4.78, 5) is 10.4. The summed E-state index contributed by atoms with van der Waals surface area (Å²) in [5.41, 5.74) is 1.45. The summed E-state index contributed by atoms with van der Waals surface area (Å²) in [5.74, 6) is -0.0716. The van der Waals surface area contributed by atoms with Crippen molar-refractivity contribution in [1.82, 2.24) is 9.78 Å². The molecular weight excluding hydrogens is 245 g/mol. The number of alkyl halides is 3. The van der Waals surface area contributed by atoms with Crippen molar-refractivity contribution in [1.29, 1.82) is 0 Å². The average molecular weight is 260 g/mol. The maximum atomic E-state index is 12.4. The van der Waals surface area contributed by atoms with Crippen molar-refractivity contribution in [3.05, 3.63) is 23.5 Å². The Kier molecular flexibility index (Phi) is 4.32. The summed E-state index contributed by atoms with van der Waals surface area (Å²) in [7, 11) is 0. The molecule has 1 aromatic rings. The first-order chi connectivity index (χ1) is 8.24. The topological polar surface area (TPSA) is 34.9 Å². The van der Waals surface area contributed by atoms with Gasteiger partial charge >= 0.3 is 6.18 Å². The van der Waals surface area contributed by atoms with Crippen LogP contribution in [0.5, 0.6) is 0 Å². The first kappa shape index (κ1) is 14.5. The van der Waals surface area contributed by atoms with Crippen LogP contribution in [0.25, 0.3) is 5.57 Å². The summed E-state index contributed by atoms with van der Waals surface area (Å²) >= 11 is 0. The van der Waals surface area contributed by atoms with Crippen LogP contribution in [-0.2, 0) is 11.3 Å². The van der Waals surface area contributed by atoms with Gasteiger partial charge in [-0.05, 0) is 30.6 Å². The summed E-state index contributed by atoms with van der Waals surface area (Å²) in [6.45, 7) is 4.12. The second-order valence-corrected chi connectivity index (χ2v) is 4.37. The Morgan fingerprint density at radius 1 is 1.50 bits per heavy atom. The molecule has 3 nitrogen and oxygen atoms in total. The van der Waals surface area contributed by atoms with Crippen LogP contribution in [-0.4, -0.2) is 22.2 Å². The first-order valence-electron chi connectivity index (χ1n) is 5.51. The van der Waals surface area contributed by atoms with Gasteiger partial charge in [-0.3, -0.25) is 9.48 Å². The van der Waals surface area contributed by atoms with Crippen molar-refractivity contribution in [2.75, 3.05) is 0 Å². The molecule has 0 bridgehead atoms. The van der Waals surface area contributed by atoms with Gasteiger partial charge in [0.1, 0.15) is 12.8 Å². The molecule has 0 N–H and O–H groups in total. The minimum Gasteiger partial charge on any atom is -0.299 e. The lowest BCUT2D eigenvalue weighted by Gasteiger charge is -2.11. The SMILES string of the molecule is CC(=CC=O)c1cc(C(C)C)n(CC(F)(F)F)n1. The molecular formula is C12H15F3N2O. The zero-order chi connectivity index (χ0) is 13.9. The lowest BCUT2D eigenvalue weighted by atomic mass is 10.1. The van der Waals surface area contributed by atoms with Crippen LogP contribution in [0.15, 0.2) is 12.1 Å². The van der Waals surface area contributed by atoms with Gasteiger partial charge in [0.2, 0.25) is 0 Å². The molecule has 0 unspecified atom stereocenters. The number of nitrogens with zero attached hydrogens (tertiary/aromatic N) is 2. The zero-order valence-corrected chi connectivity index (χ0v) is 10.5. The highest BCUT2D eigenvalue weighted by atomic mass is 19.4. The van der Waals surface area contributed by atoms with Crippen molar-refractivity contribution in [3.8, 4) is 0 Å². The molecule has 18 heavy (non-hydrogen) atoms. The van der Waals surface area contributed by atoms with E-state index in [2.05, 4.69) is 5.10 Å². The molecule has 0 aliphatic heterocycles. The van der Waals surface area contributed by atoms with Crippen molar-refractivity contribution in [3.63, 3.8) is 0 Å². The van der Waals surface area contributed by atoms with E-state index in [0.717, 1.165) is 4.68 Å². The fourth-order valence-electron chi connectivity index (χ4n) is 1.57. The second-order valence-electron chi connectivity index (χ2n) is 4.37. The summed E-state index contributed by atoms with van der Waals surface area (Å²) in [6.07, 6.45) is -2.44. The first-order valence-corrected chi connectivity index (χ1v) is 5.51. The van der Waals surface area contributed by atoms with E-state index in [-0.39, 0.29) is 5.92 Å². The minimum absolute atomic E-state index is 0.0716. The lowest BCUT2D eigenvalue weighted by molar-refractivity contribution is -0.143. The molecule has 1 rings (SSSR count). The third-order valence-electron chi connectivity index (χ3n) is 2.45. The van der Waals surface area contributed by atoms with Gasteiger partial charge < -0.3 is 0 Å². The van der Waals surface area contributed by atoms with Crippen LogP contribution in [0.2, 0.25) is 0 Å². The Hall–Kier alpha value is -1.59. The Bertz CT molecular complexity index is 458. The molecule has 0 atom stereocenters. The fourth-order valence-corrected chi connectivity index (χ4v) is 1.57. The van der Waals surface area contributed by atoms with Crippen LogP contribution < -0.4 is 0 Å². The molecule has 0 aromatic carbocycles. The Morgan fingerprint density at radius 2 is 2.11 bits per heavy atom. The number of carbonyl (C=O) groups excluding carboxylic acids is 1. The molecule has 0 aliphatic carbocycles. The molecule has 0 saturated heterocycles. The standard InChI is InChI=1S/C12H15F3N2O/c1-8(2)11-6-10(9(3)4-5-18)16-17(11)7-12(13,14)15/h4-6,8H,7H2,1-3H3. The molecule has 0 saturated carbocycles. The van der Waals surface area contributed by atoms with E-state index in [1.54, 1.807) is 26.8 Å². The van der Waals surface area contributed by atoms with Gasteiger partial charge in [0, 0.05) is 5.69 Å². The fraction of sp³-hybridized carbons (Fsp3) is 0.500. The average Bonchev–Trinajstić information content (AvgIpc) is 2.59. The molecule has 0 spiro atoms. The Morgan fingerprint density at radius 3 is 2.56 bits per heavy atom. The number of halogens is 3. The van der Waals surface area contributed by atoms with Gasteiger partial charge in [-0.25, -0.2) is 0 Å². The van der Waals surface area contributed by atoms with Crippen LogP contribution in [0.1, 0.15) is 38.1 Å². The minimum atomic E-state index is -4.31. The Labute approximate surface area is 103 Å². The smallest absolute Gasteiger partial charge is 0.299 e. The molecule has 0 aliphatic rings. The van der Waals surface area contributed by atoms with E-state index in [1.165, 1.54) is 6.08 Å². The molecule has 0 fully saturated rings. The zero-order valence-electron chi connectivity index (χ0n) is 10.5. The van der Waals surface area contributed by atoms with Crippen molar-refractivity contribution < 1.29 is 18.0 Å². The van der Waals surface area contributed by atoms with E-state index in [9.17, 15) is 18.0 Å². The van der Waals surface area contributed by atoms with Gasteiger partial charge in [0.25, 0.3) is 0 Å². The van der Waals surface area contributed by atoms with E-state index >= 15 is 0 Å². The predicted octanol–water partition coefficient (Wildman–Crippen LogP) is 3.17. The molecule has 100 valence electrons. The van der Waals surface area contributed by atoms with E-state index in [1.807, 2.05) is 0 Å². The third kappa shape index (κ3) is 3.72. The monoisotopic (exact) mass is 260 g/mol. The number of aromatic nitrogens is 2. The normalized spacial score (nSPS) is 13.2. The summed E-state index contributed by atoms with van der Waals surface area (Å²) in [6, 6.07) is 1.59. The van der Waals surface area contributed by atoms with Crippen LogP contribution >= 0.6 is 0 Å². The van der Waals surface area contributed by atoms with Gasteiger partial charge in [0.05, 0.1) is 5.69 Å². The quantitative estimate of drug-likeness (QED) is 0.615. The van der Waals surface area contributed by atoms with Gasteiger partial charge in [-0.1, -0.05) is 13.8 Å². The summed E-state index contributed by atoms with van der Waals surface area (Å²) in [5, 5.41) is 3.90. The number of aldehydes is 1. The lowest BCUT2D eigenvalue weighted by Crippen LogP contribution is -2.20. The number of allylic oxidation sites excluding steroid dienone is 2. The van der Waals surface area contributed by atoms with Gasteiger partial charge in [-0.15, -0.1) is 0 Å². The predicted molar refractivity (Wildman–Crippen MR) is 62.1 cm³/mol. The van der Waals surface area contributed by atoms with Gasteiger partial charge in [0.15, 0.2) is 0 Å². The van der Waals surface area contributed by atoms with Crippen molar-refractivity contribution in [2.45, 2.75) is 39.4 Å². The molecule has 1 heterocycles. The maximum absolute atomic E-state index is 12.4. The number of hydrogen-bond acceptors (Lipinski definition) is 2. The molecule has 1 aromatic heterocycles. The molecule has 0 amide bonds. The molecule has 6 heteroatoms. The number of hydrogen-bond donors (Lipinski definition) is 0. The number of carbonyl (C=O) groups is 1. The van der Waals surface area contributed by atoms with Crippen LogP contribution in [0.4, 0.5) is 13.2 Å². The van der Waals surface area contributed by atoms with E-state index in [0.29, 0.717) is 23.2 Å². The van der Waals surface area contributed by atoms with E-state index < -0.39 is 12.7 Å². The largest absolute Gasteiger partial charge is 0.408 e. The second kappa shape index (κ2) is 5.37. The van der Waals surface area contributed by atoms with Crippen molar-refractivity contribution >= 4 is 11.9 Å². The number of rotatable bonds is 4. The molecule has 0 radical (unpaired) electrons.